The van der Waals surface area contributed by atoms with E-state index in [4.69, 9.17) is 4.74 Å². The molecule has 17 heavy (non-hydrogen) atoms. The van der Waals surface area contributed by atoms with Crippen molar-refractivity contribution in [2.24, 2.45) is 17.3 Å². The van der Waals surface area contributed by atoms with Crippen molar-refractivity contribution in [3.8, 4) is 0 Å². The van der Waals surface area contributed by atoms with Gasteiger partial charge in [0.25, 0.3) is 0 Å². The minimum absolute atomic E-state index is 0.00969. The molecule has 0 bridgehead atoms. The molecule has 0 aromatic heterocycles. The maximum Gasteiger partial charge on any atom is 0.0880 e. The second-order valence-electron chi connectivity index (χ2n) is 6.70. The van der Waals surface area contributed by atoms with E-state index in [2.05, 4.69) is 27.7 Å². The van der Waals surface area contributed by atoms with Crippen LogP contribution in [0.2, 0.25) is 0 Å². The van der Waals surface area contributed by atoms with Crippen molar-refractivity contribution in [2.45, 2.75) is 72.0 Å². The van der Waals surface area contributed by atoms with Crippen LogP contribution in [0.1, 0.15) is 59.8 Å². The van der Waals surface area contributed by atoms with Crippen LogP contribution in [0.3, 0.4) is 0 Å². The molecular formula is C15H30O2. The molecule has 1 aliphatic carbocycles. The average Bonchev–Trinajstić information content (AvgIpc) is 2.28. The molecule has 0 aromatic carbocycles. The van der Waals surface area contributed by atoms with Crippen LogP contribution in [0.4, 0.5) is 0 Å². The van der Waals surface area contributed by atoms with Gasteiger partial charge in [0.1, 0.15) is 0 Å². The molecule has 0 amide bonds. The first-order valence-electron chi connectivity index (χ1n) is 7.11. The molecule has 0 heterocycles. The number of hydrogen-bond donors (Lipinski definition) is 1. The molecule has 0 aliphatic heterocycles. The van der Waals surface area contributed by atoms with Gasteiger partial charge in [-0.25, -0.2) is 0 Å². The highest BCUT2D eigenvalue weighted by Gasteiger charge is 2.37. The molecule has 2 nitrogen and oxygen atoms in total. The summed E-state index contributed by atoms with van der Waals surface area (Å²) in [5, 5.41) is 10.5. The third-order valence-corrected chi connectivity index (χ3v) is 4.37. The fourth-order valence-corrected chi connectivity index (χ4v) is 3.19. The van der Waals surface area contributed by atoms with Crippen molar-refractivity contribution in [1.29, 1.82) is 0 Å². The monoisotopic (exact) mass is 242 g/mol. The molecule has 1 saturated carbocycles. The molecule has 1 rings (SSSR count). The lowest BCUT2D eigenvalue weighted by Gasteiger charge is -2.39. The van der Waals surface area contributed by atoms with E-state index in [1.165, 1.54) is 19.3 Å². The lowest BCUT2D eigenvalue weighted by Crippen LogP contribution is -2.44. The van der Waals surface area contributed by atoms with Crippen LogP contribution >= 0.6 is 0 Å². The van der Waals surface area contributed by atoms with Gasteiger partial charge >= 0.3 is 0 Å². The van der Waals surface area contributed by atoms with E-state index in [1.807, 2.05) is 0 Å². The topological polar surface area (TPSA) is 29.5 Å². The van der Waals surface area contributed by atoms with E-state index in [0.717, 1.165) is 18.8 Å². The SMILES string of the molecule is CCC1CCC(C(O)C(OC)C(C)(C)C)CC1. The molecule has 1 aliphatic rings. The normalized spacial score (nSPS) is 30.0. The summed E-state index contributed by atoms with van der Waals surface area (Å²) in [7, 11) is 1.72. The summed E-state index contributed by atoms with van der Waals surface area (Å²) in [6, 6.07) is 0. The van der Waals surface area contributed by atoms with Crippen LogP contribution in [-0.4, -0.2) is 24.4 Å². The number of aliphatic hydroxyl groups excluding tert-OH is 1. The Morgan fingerprint density at radius 2 is 1.71 bits per heavy atom. The fraction of sp³-hybridized carbons (Fsp3) is 1.00. The molecule has 0 aromatic rings. The third kappa shape index (κ3) is 3.96. The number of aliphatic hydroxyl groups is 1. The van der Waals surface area contributed by atoms with E-state index in [-0.39, 0.29) is 17.6 Å². The van der Waals surface area contributed by atoms with Crippen LogP contribution in [0, 0.1) is 17.3 Å². The minimum atomic E-state index is -0.308. The van der Waals surface area contributed by atoms with Crippen LogP contribution < -0.4 is 0 Å². The molecule has 0 saturated heterocycles. The van der Waals surface area contributed by atoms with Gasteiger partial charge in [-0.1, -0.05) is 47.0 Å². The van der Waals surface area contributed by atoms with E-state index >= 15 is 0 Å². The van der Waals surface area contributed by atoms with Gasteiger partial charge in [-0.2, -0.15) is 0 Å². The van der Waals surface area contributed by atoms with Crippen LogP contribution in [-0.2, 0) is 4.74 Å². The Morgan fingerprint density at radius 3 is 2.06 bits per heavy atom. The quantitative estimate of drug-likeness (QED) is 0.816. The zero-order valence-electron chi connectivity index (χ0n) is 12.2. The zero-order chi connectivity index (χ0) is 13.1. The Kier molecular flexibility index (Phi) is 5.46. The summed E-state index contributed by atoms with van der Waals surface area (Å²) in [4.78, 5) is 0. The Bertz CT molecular complexity index is 211. The van der Waals surface area contributed by atoms with E-state index in [1.54, 1.807) is 7.11 Å². The van der Waals surface area contributed by atoms with Crippen molar-refractivity contribution in [3.05, 3.63) is 0 Å². The van der Waals surface area contributed by atoms with Crippen molar-refractivity contribution < 1.29 is 9.84 Å². The van der Waals surface area contributed by atoms with Gasteiger partial charge < -0.3 is 9.84 Å². The predicted molar refractivity (Wildman–Crippen MR) is 72.0 cm³/mol. The summed E-state index contributed by atoms with van der Waals surface area (Å²) in [6.07, 6.45) is 5.81. The third-order valence-electron chi connectivity index (χ3n) is 4.37. The van der Waals surface area contributed by atoms with Gasteiger partial charge in [-0.05, 0) is 30.1 Å². The van der Waals surface area contributed by atoms with Gasteiger partial charge in [0.15, 0.2) is 0 Å². The first kappa shape index (κ1) is 15.0. The zero-order valence-corrected chi connectivity index (χ0v) is 12.2. The average molecular weight is 242 g/mol. The van der Waals surface area contributed by atoms with Gasteiger partial charge in [-0.15, -0.1) is 0 Å². The Morgan fingerprint density at radius 1 is 1.18 bits per heavy atom. The first-order chi connectivity index (χ1) is 7.90. The highest BCUT2D eigenvalue weighted by atomic mass is 16.5. The molecule has 102 valence electrons. The summed E-state index contributed by atoms with van der Waals surface area (Å²) in [5.41, 5.74) is 0.00969. The van der Waals surface area contributed by atoms with Crippen molar-refractivity contribution >= 4 is 0 Å². The number of rotatable bonds is 4. The summed E-state index contributed by atoms with van der Waals surface area (Å²) < 4.78 is 5.53. The molecular weight excluding hydrogens is 212 g/mol. The molecule has 1 N–H and O–H groups in total. The van der Waals surface area contributed by atoms with Crippen LogP contribution in [0.15, 0.2) is 0 Å². The van der Waals surface area contributed by atoms with Crippen LogP contribution in [0.5, 0.6) is 0 Å². The van der Waals surface area contributed by atoms with E-state index < -0.39 is 0 Å². The molecule has 2 heteroatoms. The summed E-state index contributed by atoms with van der Waals surface area (Å²) in [6.45, 7) is 8.70. The van der Waals surface area contributed by atoms with E-state index in [0.29, 0.717) is 5.92 Å². The molecule has 0 spiro atoms. The lowest BCUT2D eigenvalue weighted by atomic mass is 9.73. The maximum atomic E-state index is 10.5. The Balaban J connectivity index is 2.55. The van der Waals surface area contributed by atoms with Crippen molar-refractivity contribution in [3.63, 3.8) is 0 Å². The molecule has 0 radical (unpaired) electrons. The van der Waals surface area contributed by atoms with Crippen LogP contribution in [0.25, 0.3) is 0 Å². The van der Waals surface area contributed by atoms with Gasteiger partial charge in [0.05, 0.1) is 12.2 Å². The van der Waals surface area contributed by atoms with Gasteiger partial charge in [0, 0.05) is 7.11 Å². The number of methoxy groups -OCH3 is 1. The number of ether oxygens (including phenoxy) is 1. The smallest absolute Gasteiger partial charge is 0.0880 e. The fourth-order valence-electron chi connectivity index (χ4n) is 3.19. The van der Waals surface area contributed by atoms with Crippen molar-refractivity contribution in [2.75, 3.05) is 7.11 Å². The Hall–Kier alpha value is -0.0800. The van der Waals surface area contributed by atoms with Gasteiger partial charge in [0.2, 0.25) is 0 Å². The maximum absolute atomic E-state index is 10.5. The largest absolute Gasteiger partial charge is 0.390 e. The molecule has 2 atom stereocenters. The highest BCUT2D eigenvalue weighted by Crippen LogP contribution is 2.36. The summed E-state index contributed by atoms with van der Waals surface area (Å²) >= 11 is 0. The Labute approximate surface area is 107 Å². The first-order valence-corrected chi connectivity index (χ1v) is 7.11. The molecule has 1 fully saturated rings. The van der Waals surface area contributed by atoms with Gasteiger partial charge in [-0.3, -0.25) is 0 Å². The lowest BCUT2D eigenvalue weighted by molar-refractivity contribution is -0.0997. The van der Waals surface area contributed by atoms with E-state index in [9.17, 15) is 5.11 Å². The second kappa shape index (κ2) is 6.19. The number of hydrogen-bond acceptors (Lipinski definition) is 2. The molecule has 2 unspecified atom stereocenters. The standard InChI is InChI=1S/C15H30O2/c1-6-11-7-9-12(10-8-11)13(16)14(17-5)15(2,3)4/h11-14,16H,6-10H2,1-5H3. The predicted octanol–water partition coefficient (Wildman–Crippen LogP) is 3.62. The minimum Gasteiger partial charge on any atom is -0.390 e. The second-order valence-corrected chi connectivity index (χ2v) is 6.70. The summed E-state index contributed by atoms with van der Waals surface area (Å²) in [5.74, 6) is 1.32. The highest BCUT2D eigenvalue weighted by molar-refractivity contribution is 4.87. The van der Waals surface area contributed by atoms with Crippen molar-refractivity contribution in [1.82, 2.24) is 0 Å².